The first kappa shape index (κ1) is 11.8. The molecule has 0 aliphatic carbocycles. The van der Waals surface area contributed by atoms with Gasteiger partial charge in [-0.15, -0.1) is 0 Å². The molecule has 1 aromatic carbocycles. The van der Waals surface area contributed by atoms with E-state index in [9.17, 15) is 9.59 Å². The molecule has 0 atom stereocenters. The topological polar surface area (TPSA) is 74.8 Å². The van der Waals surface area contributed by atoms with Crippen molar-refractivity contribution in [1.82, 2.24) is 10.2 Å². The van der Waals surface area contributed by atoms with Crippen molar-refractivity contribution in [2.75, 3.05) is 5.32 Å². The summed E-state index contributed by atoms with van der Waals surface area (Å²) in [7, 11) is 0. The van der Waals surface area contributed by atoms with Crippen molar-refractivity contribution >= 4 is 34.3 Å². The van der Waals surface area contributed by atoms with Gasteiger partial charge in [0.15, 0.2) is 5.82 Å². The molecule has 1 aromatic heterocycles. The summed E-state index contributed by atoms with van der Waals surface area (Å²) in [6, 6.07) is 9.97. The van der Waals surface area contributed by atoms with Gasteiger partial charge in [0.2, 0.25) is 0 Å². The number of hydrogen-bond donors (Lipinski definition) is 2. The predicted molar refractivity (Wildman–Crippen MR) is 72.0 cm³/mol. The van der Waals surface area contributed by atoms with Crippen LogP contribution in [0.2, 0.25) is 0 Å². The molecule has 2 rings (SSSR count). The van der Waals surface area contributed by atoms with Gasteiger partial charge in [0, 0.05) is 9.64 Å². The molecule has 0 unspecified atom stereocenters. The molecule has 0 aliphatic heterocycles. The molecule has 86 valence electrons. The average Bonchev–Trinajstić information content (AvgIpc) is 2.32. The molecule has 0 spiro atoms. The third-order valence-electron chi connectivity index (χ3n) is 2.04. The van der Waals surface area contributed by atoms with Crippen LogP contribution >= 0.6 is 22.6 Å². The van der Waals surface area contributed by atoms with Gasteiger partial charge >= 0.3 is 0 Å². The number of carbonyl (C=O) groups excluding carboxylic acids is 1. The SMILES string of the molecule is O=C(Nc1ccc(=O)[nH]n1)c1ccccc1I. The summed E-state index contributed by atoms with van der Waals surface area (Å²) < 4.78 is 0.854. The summed E-state index contributed by atoms with van der Waals surface area (Å²) >= 11 is 2.08. The maximum absolute atomic E-state index is 11.9. The number of nitrogens with one attached hydrogen (secondary N) is 2. The normalized spacial score (nSPS) is 9.94. The van der Waals surface area contributed by atoms with Crippen LogP contribution in [0.5, 0.6) is 0 Å². The molecule has 0 saturated carbocycles. The Hall–Kier alpha value is -1.70. The summed E-state index contributed by atoms with van der Waals surface area (Å²) in [6.07, 6.45) is 0. The number of aromatic amines is 1. The Kier molecular flexibility index (Phi) is 3.52. The number of carbonyl (C=O) groups is 1. The van der Waals surface area contributed by atoms with Gasteiger partial charge in [-0.05, 0) is 40.8 Å². The maximum Gasteiger partial charge on any atom is 0.264 e. The van der Waals surface area contributed by atoms with Gasteiger partial charge in [-0.1, -0.05) is 12.1 Å². The summed E-state index contributed by atoms with van der Waals surface area (Å²) in [5.74, 6) is 0.0591. The molecule has 1 amide bonds. The zero-order chi connectivity index (χ0) is 12.3. The number of aromatic nitrogens is 2. The van der Waals surface area contributed by atoms with Gasteiger partial charge in [0.25, 0.3) is 11.5 Å². The van der Waals surface area contributed by atoms with E-state index in [-0.39, 0.29) is 11.5 Å². The molecule has 0 bridgehead atoms. The van der Waals surface area contributed by atoms with Gasteiger partial charge in [-0.2, -0.15) is 5.10 Å². The fraction of sp³-hybridized carbons (Fsp3) is 0. The fourth-order valence-corrected chi connectivity index (χ4v) is 1.88. The van der Waals surface area contributed by atoms with Crippen LogP contribution in [0.1, 0.15) is 10.4 Å². The van der Waals surface area contributed by atoms with Crippen LogP contribution in [-0.4, -0.2) is 16.1 Å². The highest BCUT2D eigenvalue weighted by Crippen LogP contribution is 2.12. The molecule has 1 heterocycles. The van der Waals surface area contributed by atoms with Crippen LogP contribution in [0.4, 0.5) is 5.82 Å². The molecule has 0 radical (unpaired) electrons. The Morgan fingerprint density at radius 3 is 2.65 bits per heavy atom. The van der Waals surface area contributed by atoms with E-state index >= 15 is 0 Å². The Bertz CT molecular complexity index is 589. The van der Waals surface area contributed by atoms with E-state index in [2.05, 4.69) is 38.1 Å². The molecule has 2 aromatic rings. The van der Waals surface area contributed by atoms with Crippen molar-refractivity contribution in [3.05, 3.63) is 55.9 Å². The zero-order valence-electron chi connectivity index (χ0n) is 8.61. The van der Waals surface area contributed by atoms with E-state index in [0.717, 1.165) is 3.57 Å². The average molecular weight is 341 g/mol. The highest BCUT2D eigenvalue weighted by atomic mass is 127. The van der Waals surface area contributed by atoms with Crippen molar-refractivity contribution in [1.29, 1.82) is 0 Å². The second kappa shape index (κ2) is 5.09. The van der Waals surface area contributed by atoms with E-state index in [1.54, 1.807) is 12.1 Å². The third-order valence-corrected chi connectivity index (χ3v) is 2.98. The second-order valence-electron chi connectivity index (χ2n) is 3.24. The molecular formula is C11H8IN3O2. The van der Waals surface area contributed by atoms with Crippen molar-refractivity contribution in [3.8, 4) is 0 Å². The number of anilines is 1. The quantitative estimate of drug-likeness (QED) is 0.816. The Labute approximate surface area is 110 Å². The highest BCUT2D eigenvalue weighted by Gasteiger charge is 2.09. The molecule has 0 fully saturated rings. The Balaban J connectivity index is 2.20. The van der Waals surface area contributed by atoms with Gasteiger partial charge in [-0.3, -0.25) is 9.59 Å². The van der Waals surface area contributed by atoms with Gasteiger partial charge in [-0.25, -0.2) is 5.10 Å². The third kappa shape index (κ3) is 2.90. The largest absolute Gasteiger partial charge is 0.305 e. The summed E-state index contributed by atoms with van der Waals surface area (Å²) in [4.78, 5) is 22.7. The van der Waals surface area contributed by atoms with Crippen molar-refractivity contribution < 1.29 is 4.79 Å². The summed E-state index contributed by atoms with van der Waals surface area (Å²) in [6.45, 7) is 0. The van der Waals surface area contributed by atoms with Crippen LogP contribution in [0, 0.1) is 3.57 Å². The first-order valence-corrected chi connectivity index (χ1v) is 5.86. The molecule has 0 saturated heterocycles. The number of rotatable bonds is 2. The van der Waals surface area contributed by atoms with Gasteiger partial charge < -0.3 is 5.32 Å². The van der Waals surface area contributed by atoms with E-state index in [0.29, 0.717) is 11.4 Å². The van der Waals surface area contributed by atoms with Crippen LogP contribution in [0.3, 0.4) is 0 Å². The van der Waals surface area contributed by atoms with Crippen LogP contribution in [-0.2, 0) is 0 Å². The number of hydrogen-bond acceptors (Lipinski definition) is 3. The fourth-order valence-electron chi connectivity index (χ4n) is 1.24. The predicted octanol–water partition coefficient (Wildman–Crippen LogP) is 1.63. The van der Waals surface area contributed by atoms with Crippen molar-refractivity contribution in [2.45, 2.75) is 0 Å². The first-order chi connectivity index (χ1) is 8.16. The maximum atomic E-state index is 11.9. The molecule has 0 aliphatic rings. The summed E-state index contributed by atoms with van der Waals surface area (Å²) in [5, 5.41) is 8.55. The zero-order valence-corrected chi connectivity index (χ0v) is 10.8. The van der Waals surface area contributed by atoms with Gasteiger partial charge in [0.05, 0.1) is 5.56 Å². The number of halogens is 1. The van der Waals surface area contributed by atoms with Crippen molar-refractivity contribution in [3.63, 3.8) is 0 Å². The molecule has 5 nitrogen and oxygen atoms in total. The van der Waals surface area contributed by atoms with Crippen LogP contribution in [0.15, 0.2) is 41.2 Å². The summed E-state index contributed by atoms with van der Waals surface area (Å²) in [5.41, 5.74) is 0.262. The number of nitrogens with zero attached hydrogens (tertiary/aromatic N) is 1. The lowest BCUT2D eigenvalue weighted by Crippen LogP contribution is -2.16. The van der Waals surface area contributed by atoms with E-state index < -0.39 is 0 Å². The number of H-pyrrole nitrogens is 1. The van der Waals surface area contributed by atoms with Crippen molar-refractivity contribution in [2.24, 2.45) is 0 Å². The number of amides is 1. The minimum absolute atomic E-state index is 0.255. The molecule has 2 N–H and O–H groups in total. The van der Waals surface area contributed by atoms with Crippen LogP contribution < -0.4 is 10.9 Å². The first-order valence-electron chi connectivity index (χ1n) is 4.78. The molecule has 6 heteroatoms. The highest BCUT2D eigenvalue weighted by molar-refractivity contribution is 14.1. The lowest BCUT2D eigenvalue weighted by molar-refractivity contribution is 0.102. The van der Waals surface area contributed by atoms with E-state index in [1.807, 2.05) is 12.1 Å². The molecular weight excluding hydrogens is 333 g/mol. The minimum Gasteiger partial charge on any atom is -0.305 e. The number of benzene rings is 1. The smallest absolute Gasteiger partial charge is 0.264 e. The monoisotopic (exact) mass is 341 g/mol. The standard InChI is InChI=1S/C11H8IN3O2/c12-8-4-2-1-3-7(8)11(17)13-9-5-6-10(16)15-14-9/h1-6H,(H,15,16)(H,13,14,17). The second-order valence-corrected chi connectivity index (χ2v) is 4.40. The Morgan fingerprint density at radius 2 is 2.00 bits per heavy atom. The molecule has 17 heavy (non-hydrogen) atoms. The van der Waals surface area contributed by atoms with Gasteiger partial charge in [0.1, 0.15) is 0 Å². The minimum atomic E-state index is -0.308. The van der Waals surface area contributed by atoms with Crippen LogP contribution in [0.25, 0.3) is 0 Å². The lowest BCUT2D eigenvalue weighted by atomic mass is 10.2. The van der Waals surface area contributed by atoms with E-state index in [1.165, 1.54) is 12.1 Å². The Morgan fingerprint density at radius 1 is 1.24 bits per heavy atom. The lowest BCUT2D eigenvalue weighted by Gasteiger charge is -2.04. The van der Waals surface area contributed by atoms with E-state index in [4.69, 9.17) is 0 Å².